The van der Waals surface area contributed by atoms with Crippen LogP contribution in [0.25, 0.3) is 0 Å². The fourth-order valence-electron chi connectivity index (χ4n) is 1.68. The van der Waals surface area contributed by atoms with E-state index in [1.807, 2.05) is 23.1 Å². The van der Waals surface area contributed by atoms with Gasteiger partial charge in [-0.3, -0.25) is 4.98 Å². The first-order valence-corrected chi connectivity index (χ1v) is 5.17. The zero-order valence-corrected chi connectivity index (χ0v) is 8.74. The third kappa shape index (κ3) is 2.21. The molecular weight excluding hydrogens is 188 g/mol. The number of pyridine rings is 1. The van der Waals surface area contributed by atoms with Gasteiger partial charge in [-0.1, -0.05) is 24.6 Å². The highest BCUT2D eigenvalue weighted by molar-refractivity contribution is 5.14. The van der Waals surface area contributed by atoms with Crippen molar-refractivity contribution in [1.82, 2.24) is 20.0 Å². The van der Waals surface area contributed by atoms with Crippen molar-refractivity contribution in [2.24, 2.45) is 0 Å². The normalized spacial score (nSPS) is 12.6. The lowest BCUT2D eigenvalue weighted by atomic mass is 10.0. The third-order valence-electron chi connectivity index (χ3n) is 2.39. The lowest BCUT2D eigenvalue weighted by molar-refractivity contribution is 0.470. The molecule has 1 atom stereocenters. The fourth-order valence-corrected chi connectivity index (χ4v) is 1.68. The van der Waals surface area contributed by atoms with Gasteiger partial charge in [0.25, 0.3) is 0 Å². The summed E-state index contributed by atoms with van der Waals surface area (Å²) in [7, 11) is 0. The standard InChI is InChI=1S/C11H14N4/c1-2-4-11(15-8-7-13-14-15)10-5-3-6-12-9-10/h3,5-9,11H,2,4H2,1H3. The van der Waals surface area contributed by atoms with E-state index in [1.54, 1.807) is 12.4 Å². The maximum Gasteiger partial charge on any atom is 0.0800 e. The molecule has 0 aromatic carbocycles. The summed E-state index contributed by atoms with van der Waals surface area (Å²) >= 11 is 0. The molecule has 0 radical (unpaired) electrons. The number of rotatable bonds is 4. The van der Waals surface area contributed by atoms with Crippen LogP contribution in [0.5, 0.6) is 0 Å². The summed E-state index contributed by atoms with van der Waals surface area (Å²) in [5, 5.41) is 7.89. The van der Waals surface area contributed by atoms with Crippen molar-refractivity contribution >= 4 is 0 Å². The summed E-state index contributed by atoms with van der Waals surface area (Å²) in [6.45, 7) is 2.17. The maximum absolute atomic E-state index is 4.14. The summed E-state index contributed by atoms with van der Waals surface area (Å²) in [4.78, 5) is 4.14. The molecule has 0 bridgehead atoms. The van der Waals surface area contributed by atoms with Crippen molar-refractivity contribution in [1.29, 1.82) is 0 Å². The molecular formula is C11H14N4. The molecule has 2 heterocycles. The second-order valence-electron chi connectivity index (χ2n) is 3.47. The van der Waals surface area contributed by atoms with Gasteiger partial charge in [-0.2, -0.15) is 0 Å². The van der Waals surface area contributed by atoms with E-state index in [-0.39, 0.29) is 6.04 Å². The minimum Gasteiger partial charge on any atom is -0.264 e. The Bertz CT molecular complexity index is 382. The Hall–Kier alpha value is -1.71. The van der Waals surface area contributed by atoms with Gasteiger partial charge >= 0.3 is 0 Å². The van der Waals surface area contributed by atoms with E-state index in [4.69, 9.17) is 0 Å². The molecule has 2 aromatic heterocycles. The van der Waals surface area contributed by atoms with E-state index in [0.717, 1.165) is 12.8 Å². The second kappa shape index (κ2) is 4.68. The van der Waals surface area contributed by atoms with Crippen LogP contribution in [0.4, 0.5) is 0 Å². The maximum atomic E-state index is 4.14. The lowest BCUT2D eigenvalue weighted by Crippen LogP contribution is -2.11. The first-order chi connectivity index (χ1) is 7.42. The molecule has 0 aliphatic rings. The molecule has 2 rings (SSSR count). The number of hydrogen-bond acceptors (Lipinski definition) is 3. The molecule has 2 aromatic rings. The highest BCUT2D eigenvalue weighted by atomic mass is 15.4. The molecule has 4 nitrogen and oxygen atoms in total. The number of aromatic nitrogens is 4. The van der Waals surface area contributed by atoms with Crippen LogP contribution in [-0.4, -0.2) is 20.0 Å². The van der Waals surface area contributed by atoms with Gasteiger partial charge < -0.3 is 0 Å². The van der Waals surface area contributed by atoms with Gasteiger partial charge in [-0.25, -0.2) is 4.68 Å². The molecule has 0 aliphatic carbocycles. The Kier molecular flexibility index (Phi) is 3.07. The van der Waals surface area contributed by atoms with Gasteiger partial charge in [0.05, 0.1) is 12.2 Å². The van der Waals surface area contributed by atoms with Gasteiger partial charge in [-0.15, -0.1) is 5.10 Å². The molecule has 0 amide bonds. The van der Waals surface area contributed by atoms with E-state index in [0.29, 0.717) is 0 Å². The molecule has 15 heavy (non-hydrogen) atoms. The predicted octanol–water partition coefficient (Wildman–Crippen LogP) is 2.06. The largest absolute Gasteiger partial charge is 0.264 e. The van der Waals surface area contributed by atoms with E-state index in [2.05, 4.69) is 28.3 Å². The van der Waals surface area contributed by atoms with Crippen molar-refractivity contribution < 1.29 is 0 Å². The SMILES string of the molecule is CCCC(c1cccnc1)n1ccnn1. The molecule has 4 heteroatoms. The van der Waals surface area contributed by atoms with Crippen molar-refractivity contribution in [2.45, 2.75) is 25.8 Å². The van der Waals surface area contributed by atoms with Crippen molar-refractivity contribution in [2.75, 3.05) is 0 Å². The van der Waals surface area contributed by atoms with E-state index in [9.17, 15) is 0 Å². The smallest absolute Gasteiger partial charge is 0.0800 e. The number of hydrogen-bond donors (Lipinski definition) is 0. The summed E-state index contributed by atoms with van der Waals surface area (Å²) in [6.07, 6.45) is 9.44. The summed E-state index contributed by atoms with van der Waals surface area (Å²) in [5.41, 5.74) is 1.19. The summed E-state index contributed by atoms with van der Waals surface area (Å²) < 4.78 is 1.89. The van der Waals surface area contributed by atoms with Crippen LogP contribution < -0.4 is 0 Å². The Morgan fingerprint density at radius 1 is 1.40 bits per heavy atom. The molecule has 78 valence electrons. The minimum atomic E-state index is 0.256. The average molecular weight is 202 g/mol. The van der Waals surface area contributed by atoms with Gasteiger partial charge in [0.2, 0.25) is 0 Å². The molecule has 1 unspecified atom stereocenters. The van der Waals surface area contributed by atoms with Crippen LogP contribution >= 0.6 is 0 Å². The van der Waals surface area contributed by atoms with Crippen molar-refractivity contribution in [3.8, 4) is 0 Å². The van der Waals surface area contributed by atoms with Crippen LogP contribution in [-0.2, 0) is 0 Å². The van der Waals surface area contributed by atoms with E-state index in [1.165, 1.54) is 5.56 Å². The molecule has 0 saturated heterocycles. The second-order valence-corrected chi connectivity index (χ2v) is 3.47. The summed E-state index contributed by atoms with van der Waals surface area (Å²) in [6, 6.07) is 4.29. The van der Waals surface area contributed by atoms with Crippen LogP contribution in [0.1, 0.15) is 31.4 Å². The third-order valence-corrected chi connectivity index (χ3v) is 2.39. The van der Waals surface area contributed by atoms with E-state index < -0.39 is 0 Å². The molecule has 0 aliphatic heterocycles. The Morgan fingerprint density at radius 3 is 2.93 bits per heavy atom. The summed E-state index contributed by atoms with van der Waals surface area (Å²) in [5.74, 6) is 0. The van der Waals surface area contributed by atoms with Crippen LogP contribution in [0.2, 0.25) is 0 Å². The monoisotopic (exact) mass is 202 g/mol. The fraction of sp³-hybridized carbons (Fsp3) is 0.364. The van der Waals surface area contributed by atoms with Crippen molar-refractivity contribution in [3.63, 3.8) is 0 Å². The highest BCUT2D eigenvalue weighted by Crippen LogP contribution is 2.20. The van der Waals surface area contributed by atoms with Crippen LogP contribution in [0.15, 0.2) is 36.9 Å². The van der Waals surface area contributed by atoms with Crippen LogP contribution in [0.3, 0.4) is 0 Å². The number of nitrogens with zero attached hydrogens (tertiary/aromatic N) is 4. The highest BCUT2D eigenvalue weighted by Gasteiger charge is 2.12. The van der Waals surface area contributed by atoms with E-state index >= 15 is 0 Å². The quantitative estimate of drug-likeness (QED) is 0.762. The lowest BCUT2D eigenvalue weighted by Gasteiger charge is -2.15. The van der Waals surface area contributed by atoms with Crippen LogP contribution in [0, 0.1) is 0 Å². The molecule has 0 fully saturated rings. The average Bonchev–Trinajstić information content (AvgIpc) is 2.80. The van der Waals surface area contributed by atoms with Crippen molar-refractivity contribution in [3.05, 3.63) is 42.5 Å². The zero-order valence-electron chi connectivity index (χ0n) is 8.74. The molecule has 0 saturated carbocycles. The molecule has 0 spiro atoms. The van der Waals surface area contributed by atoms with Gasteiger partial charge in [-0.05, 0) is 18.1 Å². The first kappa shape index (κ1) is 9.83. The Balaban J connectivity index is 2.28. The predicted molar refractivity (Wildman–Crippen MR) is 57.3 cm³/mol. The zero-order chi connectivity index (χ0) is 10.5. The Morgan fingerprint density at radius 2 is 2.33 bits per heavy atom. The Labute approximate surface area is 89.0 Å². The first-order valence-electron chi connectivity index (χ1n) is 5.17. The van der Waals surface area contributed by atoms with Gasteiger partial charge in [0.1, 0.15) is 0 Å². The topological polar surface area (TPSA) is 43.6 Å². The van der Waals surface area contributed by atoms with Gasteiger partial charge in [0, 0.05) is 18.6 Å². The molecule has 0 N–H and O–H groups in total. The minimum absolute atomic E-state index is 0.256. The van der Waals surface area contributed by atoms with Gasteiger partial charge in [0.15, 0.2) is 0 Å².